The third-order valence-electron chi connectivity index (χ3n) is 4.21. The van der Waals surface area contributed by atoms with Crippen molar-refractivity contribution in [3.63, 3.8) is 0 Å². The molecule has 1 fully saturated rings. The first-order chi connectivity index (χ1) is 9.13. The third kappa shape index (κ3) is 2.67. The van der Waals surface area contributed by atoms with Crippen LogP contribution in [0.3, 0.4) is 0 Å². The molecule has 102 valence electrons. The fourth-order valence-electron chi connectivity index (χ4n) is 3.18. The Balaban J connectivity index is 1.86. The number of thiophene rings is 1. The van der Waals surface area contributed by atoms with Crippen molar-refractivity contribution in [2.24, 2.45) is 11.8 Å². The van der Waals surface area contributed by atoms with E-state index >= 15 is 0 Å². The summed E-state index contributed by atoms with van der Waals surface area (Å²) in [5.41, 5.74) is 0. The van der Waals surface area contributed by atoms with Crippen molar-refractivity contribution in [2.75, 3.05) is 0 Å². The van der Waals surface area contributed by atoms with Gasteiger partial charge in [-0.25, -0.2) is 4.39 Å². The van der Waals surface area contributed by atoms with Gasteiger partial charge in [-0.3, -0.25) is 0 Å². The first-order valence-electron chi connectivity index (χ1n) is 7.00. The molecule has 1 nitrogen and oxygen atoms in total. The molecule has 1 aromatic heterocycles. The van der Waals surface area contributed by atoms with Crippen LogP contribution in [0.15, 0.2) is 24.3 Å². The van der Waals surface area contributed by atoms with Crippen LogP contribution in [0.2, 0.25) is 0 Å². The minimum atomic E-state index is -0.386. The number of hydrogen-bond acceptors (Lipinski definition) is 2. The van der Waals surface area contributed by atoms with Crippen molar-refractivity contribution in [3.05, 3.63) is 35.0 Å². The molecule has 3 rings (SSSR count). The first kappa shape index (κ1) is 13.1. The Labute approximate surface area is 117 Å². The van der Waals surface area contributed by atoms with Gasteiger partial charge in [0.1, 0.15) is 5.82 Å². The second-order valence-electron chi connectivity index (χ2n) is 5.81. The number of hydrogen-bond donors (Lipinski definition) is 1. The highest BCUT2D eigenvalue weighted by Gasteiger charge is 2.27. The average Bonchev–Trinajstić information content (AvgIpc) is 2.80. The van der Waals surface area contributed by atoms with E-state index in [1.54, 1.807) is 23.5 Å². The molecule has 3 atom stereocenters. The molecule has 1 saturated carbocycles. The smallest absolute Gasteiger partial charge is 0.123 e. The van der Waals surface area contributed by atoms with E-state index in [0.717, 1.165) is 27.8 Å². The summed E-state index contributed by atoms with van der Waals surface area (Å²) in [6.07, 6.45) is 4.31. The van der Waals surface area contributed by atoms with Crippen LogP contribution in [0.5, 0.6) is 0 Å². The molecule has 0 radical (unpaired) electrons. The third-order valence-corrected chi connectivity index (χ3v) is 5.40. The van der Waals surface area contributed by atoms with Gasteiger partial charge in [0.15, 0.2) is 0 Å². The molecule has 0 saturated heterocycles. The molecule has 1 N–H and O–H groups in total. The molecule has 2 aromatic rings. The largest absolute Gasteiger partial charge is 0.387 e. The summed E-state index contributed by atoms with van der Waals surface area (Å²) in [5.74, 6) is 0.861. The van der Waals surface area contributed by atoms with Gasteiger partial charge < -0.3 is 5.11 Å². The maximum absolute atomic E-state index is 13.2. The van der Waals surface area contributed by atoms with Gasteiger partial charge in [0, 0.05) is 9.58 Å². The second kappa shape index (κ2) is 5.22. The van der Waals surface area contributed by atoms with Crippen LogP contribution in [0.1, 0.15) is 43.6 Å². The van der Waals surface area contributed by atoms with E-state index in [1.165, 1.54) is 18.9 Å². The number of fused-ring (bicyclic) bond motifs is 1. The number of benzene rings is 1. The van der Waals surface area contributed by atoms with Gasteiger partial charge in [0.2, 0.25) is 0 Å². The highest BCUT2D eigenvalue weighted by Crippen LogP contribution is 2.40. The lowest BCUT2D eigenvalue weighted by molar-refractivity contribution is 0.0743. The second-order valence-corrected chi connectivity index (χ2v) is 6.92. The summed E-state index contributed by atoms with van der Waals surface area (Å²) < 4.78 is 14.2. The van der Waals surface area contributed by atoms with Gasteiger partial charge in [0.25, 0.3) is 0 Å². The van der Waals surface area contributed by atoms with Crippen LogP contribution in [0, 0.1) is 17.7 Å². The Morgan fingerprint density at radius 2 is 2.16 bits per heavy atom. The first-order valence-corrected chi connectivity index (χ1v) is 7.82. The molecule has 0 spiro atoms. The molecule has 1 aliphatic carbocycles. The van der Waals surface area contributed by atoms with Gasteiger partial charge in [-0.15, -0.1) is 11.3 Å². The van der Waals surface area contributed by atoms with E-state index in [4.69, 9.17) is 0 Å². The maximum atomic E-state index is 13.2. The number of aliphatic hydroxyl groups is 1. The predicted octanol–water partition coefficient (Wildman–Crippen LogP) is 4.90. The maximum Gasteiger partial charge on any atom is 0.123 e. The van der Waals surface area contributed by atoms with Crippen molar-refractivity contribution < 1.29 is 9.50 Å². The van der Waals surface area contributed by atoms with E-state index < -0.39 is 0 Å². The quantitative estimate of drug-likeness (QED) is 0.828. The van der Waals surface area contributed by atoms with E-state index in [0.29, 0.717) is 11.8 Å². The van der Waals surface area contributed by atoms with Gasteiger partial charge in [-0.2, -0.15) is 0 Å². The zero-order chi connectivity index (χ0) is 13.4. The highest BCUT2D eigenvalue weighted by molar-refractivity contribution is 7.19. The molecule has 3 unspecified atom stereocenters. The summed E-state index contributed by atoms with van der Waals surface area (Å²) in [4.78, 5) is 0.986. The summed E-state index contributed by atoms with van der Waals surface area (Å²) in [6.45, 7) is 2.26. The summed E-state index contributed by atoms with van der Waals surface area (Å²) >= 11 is 1.59. The Morgan fingerprint density at radius 3 is 2.95 bits per heavy atom. The predicted molar refractivity (Wildman–Crippen MR) is 77.9 cm³/mol. The van der Waals surface area contributed by atoms with E-state index in [-0.39, 0.29) is 11.9 Å². The Bertz CT molecular complexity index is 577. The normalized spacial score (nSPS) is 25.6. The van der Waals surface area contributed by atoms with Gasteiger partial charge >= 0.3 is 0 Å². The summed E-state index contributed by atoms with van der Waals surface area (Å²) in [6, 6.07) is 6.78. The molecule has 0 aliphatic heterocycles. The minimum Gasteiger partial charge on any atom is -0.387 e. The van der Waals surface area contributed by atoms with E-state index in [9.17, 15) is 9.50 Å². The van der Waals surface area contributed by atoms with Crippen molar-refractivity contribution in [3.8, 4) is 0 Å². The van der Waals surface area contributed by atoms with Crippen LogP contribution in [-0.2, 0) is 0 Å². The van der Waals surface area contributed by atoms with Crippen molar-refractivity contribution in [1.82, 2.24) is 0 Å². The lowest BCUT2D eigenvalue weighted by atomic mass is 9.79. The van der Waals surface area contributed by atoms with Crippen molar-refractivity contribution in [1.29, 1.82) is 0 Å². The summed E-state index contributed by atoms with van der Waals surface area (Å²) in [7, 11) is 0. The van der Waals surface area contributed by atoms with Crippen molar-refractivity contribution in [2.45, 2.75) is 38.7 Å². The number of aliphatic hydroxyl groups excluding tert-OH is 1. The van der Waals surface area contributed by atoms with Crippen LogP contribution < -0.4 is 0 Å². The SMILES string of the molecule is CC1CCCC(C(O)c2cc3cc(F)ccc3s2)C1. The molecule has 0 bridgehead atoms. The van der Waals surface area contributed by atoms with E-state index in [1.807, 2.05) is 6.07 Å². The fraction of sp³-hybridized carbons (Fsp3) is 0.500. The Morgan fingerprint density at radius 1 is 1.32 bits per heavy atom. The standard InChI is InChI=1S/C16H19FOS/c1-10-3-2-4-11(7-10)16(18)15-9-12-8-13(17)5-6-14(12)19-15/h5-6,8-11,16,18H,2-4,7H2,1H3. The topological polar surface area (TPSA) is 20.2 Å². The number of halogens is 1. The average molecular weight is 278 g/mol. The van der Waals surface area contributed by atoms with Crippen LogP contribution in [0.25, 0.3) is 10.1 Å². The van der Waals surface area contributed by atoms with Gasteiger partial charge in [-0.1, -0.05) is 19.8 Å². The molecule has 0 amide bonds. The molecule has 1 aliphatic rings. The molecule has 1 aromatic carbocycles. The van der Waals surface area contributed by atoms with Crippen LogP contribution >= 0.6 is 11.3 Å². The fourth-order valence-corrected chi connectivity index (χ4v) is 4.31. The van der Waals surface area contributed by atoms with Gasteiger partial charge in [0.05, 0.1) is 6.10 Å². The monoisotopic (exact) mass is 278 g/mol. The van der Waals surface area contributed by atoms with Crippen molar-refractivity contribution >= 4 is 21.4 Å². The molecule has 19 heavy (non-hydrogen) atoms. The zero-order valence-corrected chi connectivity index (χ0v) is 11.9. The molecule has 3 heteroatoms. The molecular formula is C16H19FOS. The minimum absolute atomic E-state index is 0.211. The number of rotatable bonds is 2. The Hall–Kier alpha value is -0.930. The Kier molecular flexibility index (Phi) is 3.59. The molecular weight excluding hydrogens is 259 g/mol. The highest BCUT2D eigenvalue weighted by atomic mass is 32.1. The molecule has 1 heterocycles. The lowest BCUT2D eigenvalue weighted by Crippen LogP contribution is -2.19. The van der Waals surface area contributed by atoms with Crippen LogP contribution in [-0.4, -0.2) is 5.11 Å². The van der Waals surface area contributed by atoms with Gasteiger partial charge in [-0.05, 0) is 54.3 Å². The lowest BCUT2D eigenvalue weighted by Gasteiger charge is -2.29. The zero-order valence-electron chi connectivity index (χ0n) is 11.1. The summed E-state index contributed by atoms with van der Waals surface area (Å²) in [5, 5.41) is 11.5. The van der Waals surface area contributed by atoms with Crippen LogP contribution in [0.4, 0.5) is 4.39 Å². The van der Waals surface area contributed by atoms with E-state index in [2.05, 4.69) is 6.92 Å².